The van der Waals surface area contributed by atoms with Crippen LogP contribution >= 0.6 is 27.3 Å². The third-order valence-electron chi connectivity index (χ3n) is 2.52. The number of sulfonamides is 1. The highest BCUT2D eigenvalue weighted by molar-refractivity contribution is 9.10. The minimum atomic E-state index is -3.64. The summed E-state index contributed by atoms with van der Waals surface area (Å²) in [7, 11) is -2.20. The molecule has 0 saturated heterocycles. The highest BCUT2D eigenvalue weighted by atomic mass is 79.9. The van der Waals surface area contributed by atoms with E-state index < -0.39 is 10.0 Å². The lowest BCUT2D eigenvalue weighted by Crippen LogP contribution is -2.23. The molecule has 0 aliphatic carbocycles. The second kappa shape index (κ2) is 6.21. The first-order valence-electron chi connectivity index (χ1n) is 5.67. The zero-order chi connectivity index (χ0) is 14.8. The Bertz CT molecular complexity index is 713. The van der Waals surface area contributed by atoms with Crippen LogP contribution in [0.1, 0.15) is 9.88 Å². The summed E-state index contributed by atoms with van der Waals surface area (Å²) >= 11 is 4.72. The molecule has 108 valence electrons. The van der Waals surface area contributed by atoms with Gasteiger partial charge in [0.25, 0.3) is 0 Å². The van der Waals surface area contributed by atoms with Gasteiger partial charge in [0.2, 0.25) is 10.0 Å². The second-order valence-corrected chi connectivity index (χ2v) is 7.94. The molecule has 0 aliphatic heterocycles. The van der Waals surface area contributed by atoms with Crippen LogP contribution in [0.25, 0.3) is 0 Å². The van der Waals surface area contributed by atoms with Gasteiger partial charge < -0.3 is 4.74 Å². The lowest BCUT2D eigenvalue weighted by molar-refractivity contribution is 0.402. The van der Waals surface area contributed by atoms with E-state index in [1.165, 1.54) is 24.5 Å². The molecule has 1 N–H and O–H groups in total. The van der Waals surface area contributed by atoms with Crippen LogP contribution in [0.3, 0.4) is 0 Å². The van der Waals surface area contributed by atoms with Gasteiger partial charge in [-0.2, -0.15) is 0 Å². The van der Waals surface area contributed by atoms with E-state index in [2.05, 4.69) is 25.6 Å². The number of halogens is 1. The number of rotatable bonds is 5. The molecule has 0 saturated carbocycles. The summed E-state index contributed by atoms with van der Waals surface area (Å²) in [6, 6.07) is 4.85. The molecular weight excluding hydrogens is 364 g/mol. The van der Waals surface area contributed by atoms with E-state index in [1.807, 2.05) is 6.92 Å². The van der Waals surface area contributed by atoms with Crippen LogP contribution in [0, 0.1) is 6.92 Å². The Balaban J connectivity index is 2.24. The monoisotopic (exact) mass is 376 g/mol. The fraction of sp³-hybridized carbons (Fsp3) is 0.250. The van der Waals surface area contributed by atoms with Gasteiger partial charge in [0.15, 0.2) is 0 Å². The molecule has 1 aromatic carbocycles. The van der Waals surface area contributed by atoms with Crippen molar-refractivity contribution in [1.29, 1.82) is 0 Å². The standard InChI is InChI=1S/C12H13BrN2O3S2/c1-8-14-6-10(19-8)7-15-20(16,17)12-5-9(13)3-4-11(12)18-2/h3-6,15H,7H2,1-2H3. The van der Waals surface area contributed by atoms with Gasteiger partial charge in [-0.15, -0.1) is 11.3 Å². The quantitative estimate of drug-likeness (QED) is 0.870. The third-order valence-corrected chi connectivity index (χ3v) is 5.35. The van der Waals surface area contributed by atoms with E-state index in [0.29, 0.717) is 10.2 Å². The van der Waals surface area contributed by atoms with Crippen molar-refractivity contribution in [3.8, 4) is 5.75 Å². The van der Waals surface area contributed by atoms with Gasteiger partial charge in [0, 0.05) is 22.1 Å². The number of nitrogens with zero attached hydrogens (tertiary/aromatic N) is 1. The minimum absolute atomic E-state index is 0.107. The van der Waals surface area contributed by atoms with Crippen molar-refractivity contribution in [1.82, 2.24) is 9.71 Å². The summed E-state index contributed by atoms with van der Waals surface area (Å²) in [5.74, 6) is 0.307. The maximum absolute atomic E-state index is 12.3. The molecule has 2 rings (SSSR count). The van der Waals surface area contributed by atoms with Crippen molar-refractivity contribution in [3.05, 3.63) is 38.8 Å². The highest BCUT2D eigenvalue weighted by Crippen LogP contribution is 2.27. The first-order chi connectivity index (χ1) is 9.42. The Labute approximate surface area is 130 Å². The number of benzene rings is 1. The average molecular weight is 377 g/mol. The molecule has 0 radical (unpaired) electrons. The SMILES string of the molecule is COc1ccc(Br)cc1S(=O)(=O)NCc1cnc(C)s1. The Morgan fingerprint density at radius 2 is 2.20 bits per heavy atom. The van der Waals surface area contributed by atoms with Crippen LogP contribution in [0.2, 0.25) is 0 Å². The number of nitrogens with one attached hydrogen (secondary N) is 1. The molecule has 8 heteroatoms. The summed E-state index contributed by atoms with van der Waals surface area (Å²) in [6.07, 6.45) is 1.67. The smallest absolute Gasteiger partial charge is 0.244 e. The molecule has 20 heavy (non-hydrogen) atoms. The van der Waals surface area contributed by atoms with Crippen molar-refractivity contribution in [2.45, 2.75) is 18.4 Å². The molecule has 0 spiro atoms. The van der Waals surface area contributed by atoms with E-state index in [0.717, 1.165) is 9.88 Å². The Morgan fingerprint density at radius 1 is 1.45 bits per heavy atom. The number of hydrogen-bond acceptors (Lipinski definition) is 5. The molecule has 5 nitrogen and oxygen atoms in total. The highest BCUT2D eigenvalue weighted by Gasteiger charge is 2.20. The van der Waals surface area contributed by atoms with Crippen LogP contribution in [-0.2, 0) is 16.6 Å². The lowest BCUT2D eigenvalue weighted by atomic mass is 10.3. The molecular formula is C12H13BrN2O3S2. The Hall–Kier alpha value is -0.960. The van der Waals surface area contributed by atoms with Crippen LogP contribution in [0.5, 0.6) is 5.75 Å². The third kappa shape index (κ3) is 3.57. The van der Waals surface area contributed by atoms with Gasteiger partial charge >= 0.3 is 0 Å². The van der Waals surface area contributed by atoms with E-state index in [1.54, 1.807) is 18.3 Å². The summed E-state index contributed by atoms with van der Waals surface area (Å²) < 4.78 is 32.9. The summed E-state index contributed by atoms with van der Waals surface area (Å²) in [5, 5.41) is 0.902. The van der Waals surface area contributed by atoms with Crippen molar-refractivity contribution >= 4 is 37.3 Å². The predicted octanol–water partition coefficient (Wildman–Crippen LogP) is 2.70. The van der Waals surface area contributed by atoms with E-state index in [4.69, 9.17) is 4.74 Å². The number of thiazole rings is 1. The van der Waals surface area contributed by atoms with Crippen molar-refractivity contribution < 1.29 is 13.2 Å². The van der Waals surface area contributed by atoms with Gasteiger partial charge in [-0.05, 0) is 25.1 Å². The van der Waals surface area contributed by atoms with Crippen molar-refractivity contribution in [3.63, 3.8) is 0 Å². The molecule has 0 unspecified atom stereocenters. The number of hydrogen-bond donors (Lipinski definition) is 1. The molecule has 1 aromatic heterocycles. The maximum atomic E-state index is 12.3. The average Bonchev–Trinajstić information content (AvgIpc) is 2.82. The fourth-order valence-corrected chi connectivity index (χ4v) is 4.13. The van der Waals surface area contributed by atoms with Gasteiger partial charge in [-0.25, -0.2) is 18.1 Å². The first-order valence-corrected chi connectivity index (χ1v) is 8.76. The fourth-order valence-electron chi connectivity index (χ4n) is 1.59. The molecule has 0 atom stereocenters. The van der Waals surface area contributed by atoms with Gasteiger partial charge in [0.05, 0.1) is 12.1 Å². The first kappa shape index (κ1) is 15.4. The zero-order valence-corrected chi connectivity index (χ0v) is 14.1. The number of aromatic nitrogens is 1. The second-order valence-electron chi connectivity index (χ2n) is 3.97. The number of aryl methyl sites for hydroxylation is 1. The van der Waals surface area contributed by atoms with E-state index >= 15 is 0 Å². The minimum Gasteiger partial charge on any atom is -0.495 e. The van der Waals surface area contributed by atoms with E-state index in [-0.39, 0.29) is 11.4 Å². The maximum Gasteiger partial charge on any atom is 0.244 e. The lowest BCUT2D eigenvalue weighted by Gasteiger charge is -2.10. The number of methoxy groups -OCH3 is 1. The van der Waals surface area contributed by atoms with Crippen molar-refractivity contribution in [2.24, 2.45) is 0 Å². The van der Waals surface area contributed by atoms with Crippen LogP contribution in [0.15, 0.2) is 33.8 Å². The normalized spacial score (nSPS) is 11.6. The number of ether oxygens (including phenoxy) is 1. The van der Waals surface area contributed by atoms with Gasteiger partial charge in [-0.1, -0.05) is 15.9 Å². The molecule has 0 amide bonds. The summed E-state index contributed by atoms with van der Waals surface area (Å²) in [6.45, 7) is 2.09. The molecule has 0 fully saturated rings. The molecule has 0 aliphatic rings. The van der Waals surface area contributed by atoms with Crippen LogP contribution in [0.4, 0.5) is 0 Å². The Kier molecular flexibility index (Phi) is 4.79. The molecule has 1 heterocycles. The Morgan fingerprint density at radius 3 is 2.80 bits per heavy atom. The van der Waals surface area contributed by atoms with Crippen LogP contribution in [-0.4, -0.2) is 20.5 Å². The van der Waals surface area contributed by atoms with Gasteiger partial charge in [0.1, 0.15) is 10.6 Å². The van der Waals surface area contributed by atoms with Crippen molar-refractivity contribution in [2.75, 3.05) is 7.11 Å². The van der Waals surface area contributed by atoms with Gasteiger partial charge in [-0.3, -0.25) is 0 Å². The molecule has 0 bridgehead atoms. The topological polar surface area (TPSA) is 68.3 Å². The largest absolute Gasteiger partial charge is 0.495 e. The van der Waals surface area contributed by atoms with E-state index in [9.17, 15) is 8.42 Å². The molecule has 2 aromatic rings. The summed E-state index contributed by atoms with van der Waals surface area (Å²) in [5.41, 5.74) is 0. The predicted molar refractivity (Wildman–Crippen MR) is 81.6 cm³/mol. The summed E-state index contributed by atoms with van der Waals surface area (Å²) in [4.78, 5) is 5.06. The zero-order valence-electron chi connectivity index (χ0n) is 10.9. The van der Waals surface area contributed by atoms with Crippen LogP contribution < -0.4 is 9.46 Å².